The van der Waals surface area contributed by atoms with Crippen LogP contribution in [0.3, 0.4) is 0 Å². The average Bonchev–Trinajstić information content (AvgIpc) is 2.50. The number of ether oxygens (including phenoxy) is 3. The smallest absolute Gasteiger partial charge is 0.332 e. The quantitative estimate of drug-likeness (QED) is 0.469. The molecule has 0 spiro atoms. The molecule has 1 amide bonds. The number of carbonyl (C=O) groups is 2. The van der Waals surface area contributed by atoms with E-state index in [-0.39, 0.29) is 24.5 Å². The van der Waals surface area contributed by atoms with E-state index >= 15 is 0 Å². The maximum atomic E-state index is 12.0. The fraction of sp³-hybridized carbons (Fsp3) is 0.857. The van der Waals surface area contributed by atoms with Gasteiger partial charge in [0, 0.05) is 19.6 Å². The van der Waals surface area contributed by atoms with Crippen molar-refractivity contribution in [2.45, 2.75) is 26.3 Å². The minimum atomic E-state index is -0.364. The summed E-state index contributed by atoms with van der Waals surface area (Å²) >= 11 is 0. The Balaban J connectivity index is 2.29. The van der Waals surface area contributed by atoms with Crippen molar-refractivity contribution in [1.29, 1.82) is 0 Å². The molecule has 0 saturated carbocycles. The first kappa shape index (κ1) is 17.9. The van der Waals surface area contributed by atoms with Gasteiger partial charge in [0.15, 0.2) is 0 Å². The second-order valence-corrected chi connectivity index (χ2v) is 4.78. The highest BCUT2D eigenvalue weighted by Crippen LogP contribution is 2.07. The van der Waals surface area contributed by atoms with Gasteiger partial charge in [0.25, 0.3) is 0 Å². The van der Waals surface area contributed by atoms with E-state index in [1.807, 2.05) is 11.8 Å². The molecule has 1 aliphatic heterocycles. The molecule has 122 valence electrons. The maximum absolute atomic E-state index is 12.0. The Morgan fingerprint density at radius 2 is 2.19 bits per heavy atom. The van der Waals surface area contributed by atoms with Gasteiger partial charge in [0.2, 0.25) is 5.91 Å². The number of nitrogens with one attached hydrogen (secondary N) is 1. The van der Waals surface area contributed by atoms with Gasteiger partial charge in [-0.1, -0.05) is 6.92 Å². The van der Waals surface area contributed by atoms with Crippen molar-refractivity contribution >= 4 is 11.9 Å². The monoisotopic (exact) mass is 302 g/mol. The second-order valence-electron chi connectivity index (χ2n) is 4.78. The Bertz CT molecular complexity index is 324. The minimum Gasteiger partial charge on any atom is -0.464 e. The van der Waals surface area contributed by atoms with Crippen molar-refractivity contribution in [1.82, 2.24) is 10.2 Å². The Hall–Kier alpha value is -1.18. The number of esters is 1. The van der Waals surface area contributed by atoms with E-state index < -0.39 is 0 Å². The molecular weight excluding hydrogens is 276 g/mol. The summed E-state index contributed by atoms with van der Waals surface area (Å²) < 4.78 is 15.4. The van der Waals surface area contributed by atoms with E-state index in [2.05, 4.69) is 5.32 Å². The standard InChI is InChI=1S/C14H26N2O5/c1-3-5-15-14(18)12-10-19-8-6-16(12)7-9-20-11-13(17)21-4-2/h12H,3-11H2,1-2H3,(H,15,18). The average molecular weight is 302 g/mol. The largest absolute Gasteiger partial charge is 0.464 e. The number of hydrogen-bond acceptors (Lipinski definition) is 6. The van der Waals surface area contributed by atoms with Crippen molar-refractivity contribution in [3.05, 3.63) is 0 Å². The van der Waals surface area contributed by atoms with Crippen LogP contribution in [-0.2, 0) is 23.8 Å². The molecule has 1 N–H and O–H groups in total. The molecule has 0 aromatic carbocycles. The Morgan fingerprint density at radius 1 is 1.38 bits per heavy atom. The fourth-order valence-corrected chi connectivity index (χ4v) is 2.05. The van der Waals surface area contributed by atoms with Gasteiger partial charge >= 0.3 is 5.97 Å². The van der Waals surface area contributed by atoms with Crippen LogP contribution < -0.4 is 5.32 Å². The van der Waals surface area contributed by atoms with Crippen molar-refractivity contribution in [2.75, 3.05) is 52.7 Å². The van der Waals surface area contributed by atoms with Crippen molar-refractivity contribution in [3.63, 3.8) is 0 Å². The summed E-state index contributed by atoms with van der Waals surface area (Å²) in [5, 5.41) is 2.88. The Kier molecular flexibility index (Phi) is 8.96. The molecule has 1 atom stereocenters. The summed E-state index contributed by atoms with van der Waals surface area (Å²) in [7, 11) is 0. The minimum absolute atomic E-state index is 0.0121. The summed E-state index contributed by atoms with van der Waals surface area (Å²) in [6.45, 7) is 7.40. The highest BCUT2D eigenvalue weighted by atomic mass is 16.6. The fourth-order valence-electron chi connectivity index (χ4n) is 2.05. The van der Waals surface area contributed by atoms with Gasteiger partial charge < -0.3 is 19.5 Å². The third-order valence-corrected chi connectivity index (χ3v) is 3.14. The topological polar surface area (TPSA) is 77.1 Å². The van der Waals surface area contributed by atoms with Crippen LogP contribution in [0, 0.1) is 0 Å². The predicted octanol–water partition coefficient (Wildman–Crippen LogP) is -0.207. The van der Waals surface area contributed by atoms with Gasteiger partial charge in [-0.3, -0.25) is 9.69 Å². The number of carbonyl (C=O) groups excluding carboxylic acids is 2. The lowest BCUT2D eigenvalue weighted by Crippen LogP contribution is -2.54. The number of rotatable bonds is 9. The molecule has 0 aliphatic carbocycles. The molecule has 1 unspecified atom stereocenters. The molecular formula is C14H26N2O5. The van der Waals surface area contributed by atoms with Crippen LogP contribution in [-0.4, -0.2) is 75.5 Å². The van der Waals surface area contributed by atoms with Gasteiger partial charge in [0.05, 0.1) is 26.4 Å². The van der Waals surface area contributed by atoms with E-state index in [9.17, 15) is 9.59 Å². The van der Waals surface area contributed by atoms with Crippen LogP contribution in [0.2, 0.25) is 0 Å². The van der Waals surface area contributed by atoms with Gasteiger partial charge in [-0.15, -0.1) is 0 Å². The molecule has 1 aliphatic rings. The Morgan fingerprint density at radius 3 is 2.90 bits per heavy atom. The predicted molar refractivity (Wildman–Crippen MR) is 76.9 cm³/mol. The molecule has 1 rings (SSSR count). The van der Waals surface area contributed by atoms with Crippen LogP contribution in [0.25, 0.3) is 0 Å². The maximum Gasteiger partial charge on any atom is 0.332 e. The summed E-state index contributed by atoms with van der Waals surface area (Å²) in [6.07, 6.45) is 0.905. The van der Waals surface area contributed by atoms with Crippen molar-refractivity contribution in [2.24, 2.45) is 0 Å². The van der Waals surface area contributed by atoms with Crippen LogP contribution >= 0.6 is 0 Å². The molecule has 7 heteroatoms. The van der Waals surface area contributed by atoms with Crippen LogP contribution in [0.1, 0.15) is 20.3 Å². The van der Waals surface area contributed by atoms with Gasteiger partial charge in [-0.25, -0.2) is 4.79 Å². The summed E-state index contributed by atoms with van der Waals surface area (Å²) in [5.41, 5.74) is 0. The molecule has 7 nitrogen and oxygen atoms in total. The number of hydrogen-bond donors (Lipinski definition) is 1. The lowest BCUT2D eigenvalue weighted by atomic mass is 10.2. The zero-order valence-corrected chi connectivity index (χ0v) is 12.9. The SMILES string of the molecule is CCCNC(=O)C1COCCN1CCOCC(=O)OCC. The highest BCUT2D eigenvalue weighted by Gasteiger charge is 2.28. The second kappa shape index (κ2) is 10.5. The number of amides is 1. The van der Waals surface area contributed by atoms with E-state index in [1.54, 1.807) is 6.92 Å². The lowest BCUT2D eigenvalue weighted by Gasteiger charge is -2.34. The zero-order chi connectivity index (χ0) is 15.5. The molecule has 0 radical (unpaired) electrons. The van der Waals surface area contributed by atoms with Crippen LogP contribution in [0.4, 0.5) is 0 Å². The third kappa shape index (κ3) is 6.88. The molecule has 21 heavy (non-hydrogen) atoms. The Labute approximate surface area is 125 Å². The van der Waals surface area contributed by atoms with E-state index in [0.29, 0.717) is 46.1 Å². The lowest BCUT2D eigenvalue weighted by molar-refractivity contribution is -0.149. The third-order valence-electron chi connectivity index (χ3n) is 3.14. The molecule has 1 fully saturated rings. The summed E-state index contributed by atoms with van der Waals surface area (Å²) in [6, 6.07) is -0.281. The van der Waals surface area contributed by atoms with E-state index in [1.165, 1.54) is 0 Å². The normalized spacial score (nSPS) is 19.2. The van der Waals surface area contributed by atoms with Gasteiger partial charge in [-0.05, 0) is 13.3 Å². The molecule has 1 saturated heterocycles. The van der Waals surface area contributed by atoms with E-state index in [4.69, 9.17) is 14.2 Å². The van der Waals surface area contributed by atoms with Crippen LogP contribution in [0.15, 0.2) is 0 Å². The van der Waals surface area contributed by atoms with Crippen LogP contribution in [0.5, 0.6) is 0 Å². The molecule has 0 aromatic heterocycles. The first-order chi connectivity index (χ1) is 10.2. The molecule has 0 bridgehead atoms. The summed E-state index contributed by atoms with van der Waals surface area (Å²) in [5.74, 6) is -0.376. The zero-order valence-electron chi connectivity index (χ0n) is 12.9. The van der Waals surface area contributed by atoms with E-state index in [0.717, 1.165) is 6.42 Å². The first-order valence-corrected chi connectivity index (χ1v) is 7.51. The van der Waals surface area contributed by atoms with Crippen molar-refractivity contribution in [3.8, 4) is 0 Å². The number of nitrogens with zero attached hydrogens (tertiary/aromatic N) is 1. The first-order valence-electron chi connectivity index (χ1n) is 7.51. The summed E-state index contributed by atoms with van der Waals surface area (Å²) in [4.78, 5) is 25.2. The molecule has 1 heterocycles. The highest BCUT2D eigenvalue weighted by molar-refractivity contribution is 5.82. The van der Waals surface area contributed by atoms with Gasteiger partial charge in [0.1, 0.15) is 12.6 Å². The van der Waals surface area contributed by atoms with Crippen molar-refractivity contribution < 1.29 is 23.8 Å². The molecule has 0 aromatic rings. The van der Waals surface area contributed by atoms with Gasteiger partial charge in [-0.2, -0.15) is 0 Å². The number of morpholine rings is 1.